The van der Waals surface area contributed by atoms with E-state index in [9.17, 15) is 0 Å². The molecule has 1 unspecified atom stereocenters. The van der Waals surface area contributed by atoms with Crippen molar-refractivity contribution in [3.05, 3.63) is 35.2 Å². The van der Waals surface area contributed by atoms with Gasteiger partial charge in [0.05, 0.1) is 6.26 Å². The lowest BCUT2D eigenvalue weighted by molar-refractivity contribution is 0.457. The summed E-state index contributed by atoms with van der Waals surface area (Å²) in [7, 11) is 0. The van der Waals surface area contributed by atoms with E-state index in [1.54, 1.807) is 17.6 Å². The average Bonchev–Trinajstić information content (AvgIpc) is 3.10. The van der Waals surface area contributed by atoms with Gasteiger partial charge in [-0.1, -0.05) is 0 Å². The minimum atomic E-state index is 0.389. The highest BCUT2D eigenvalue weighted by atomic mass is 32.1. The zero-order valence-corrected chi connectivity index (χ0v) is 13.2. The van der Waals surface area contributed by atoms with Crippen LogP contribution >= 0.6 is 11.3 Å². The highest BCUT2D eigenvalue weighted by Crippen LogP contribution is 2.22. The maximum absolute atomic E-state index is 5.36. The predicted molar refractivity (Wildman–Crippen MR) is 84.4 cm³/mol. The Balaban J connectivity index is 1.81. The summed E-state index contributed by atoms with van der Waals surface area (Å²) >= 11 is 1.77. The minimum absolute atomic E-state index is 0.389. The molecule has 0 spiro atoms. The zero-order chi connectivity index (χ0) is 14.4. The van der Waals surface area contributed by atoms with Crippen molar-refractivity contribution in [3.8, 4) is 0 Å². The van der Waals surface area contributed by atoms with E-state index in [4.69, 9.17) is 4.42 Å². The fourth-order valence-corrected chi connectivity index (χ4v) is 3.08. The van der Waals surface area contributed by atoms with Gasteiger partial charge in [0.2, 0.25) is 0 Å². The van der Waals surface area contributed by atoms with Crippen molar-refractivity contribution < 1.29 is 4.42 Å². The van der Waals surface area contributed by atoms with Crippen LogP contribution in [-0.4, -0.2) is 24.1 Å². The number of furan rings is 1. The molecule has 0 aliphatic carbocycles. The molecule has 2 aromatic rings. The first-order valence-electron chi connectivity index (χ1n) is 7.18. The first-order valence-corrected chi connectivity index (χ1v) is 8.00. The number of anilines is 1. The third-order valence-corrected chi connectivity index (χ3v) is 4.35. The number of aromatic nitrogens is 1. The van der Waals surface area contributed by atoms with Crippen LogP contribution in [0.15, 0.2) is 29.0 Å². The molecule has 0 radical (unpaired) electrons. The summed E-state index contributed by atoms with van der Waals surface area (Å²) in [6.45, 7) is 9.37. The summed E-state index contributed by atoms with van der Waals surface area (Å²) in [5.74, 6) is 1.03. The Morgan fingerprint density at radius 2 is 2.20 bits per heavy atom. The van der Waals surface area contributed by atoms with Crippen LogP contribution in [0.4, 0.5) is 5.13 Å². The molecular formula is C15H23N3OS. The summed E-state index contributed by atoms with van der Waals surface area (Å²) in [4.78, 5) is 8.05. The third-order valence-electron chi connectivity index (χ3n) is 3.29. The van der Waals surface area contributed by atoms with Crippen LogP contribution in [0.5, 0.6) is 0 Å². The molecule has 110 valence electrons. The number of rotatable bonds is 8. The van der Waals surface area contributed by atoms with Crippen molar-refractivity contribution in [3.63, 3.8) is 0 Å². The number of nitrogens with zero attached hydrogens (tertiary/aromatic N) is 2. The number of hydrogen-bond donors (Lipinski definition) is 1. The summed E-state index contributed by atoms with van der Waals surface area (Å²) < 4.78 is 5.36. The van der Waals surface area contributed by atoms with E-state index in [1.165, 1.54) is 4.88 Å². The van der Waals surface area contributed by atoms with E-state index in [-0.39, 0.29) is 0 Å². The molecule has 5 heteroatoms. The van der Waals surface area contributed by atoms with Gasteiger partial charge in [-0.3, -0.25) is 0 Å². The van der Waals surface area contributed by atoms with Crippen LogP contribution < -0.4 is 10.2 Å². The van der Waals surface area contributed by atoms with Gasteiger partial charge in [0, 0.05) is 43.2 Å². The highest BCUT2D eigenvalue weighted by Gasteiger charge is 2.09. The zero-order valence-electron chi connectivity index (χ0n) is 12.4. The van der Waals surface area contributed by atoms with Gasteiger partial charge in [0.25, 0.3) is 0 Å². The van der Waals surface area contributed by atoms with Gasteiger partial charge in [-0.15, -0.1) is 11.3 Å². The van der Waals surface area contributed by atoms with Gasteiger partial charge < -0.3 is 14.6 Å². The molecule has 0 fully saturated rings. The third kappa shape index (κ3) is 4.08. The molecule has 0 saturated heterocycles. The van der Waals surface area contributed by atoms with Crippen LogP contribution in [0.1, 0.15) is 31.4 Å². The molecule has 20 heavy (non-hydrogen) atoms. The van der Waals surface area contributed by atoms with E-state index in [1.807, 2.05) is 18.3 Å². The molecule has 2 rings (SSSR count). The second-order valence-corrected chi connectivity index (χ2v) is 5.94. The molecule has 0 aromatic carbocycles. The standard InChI is InChI=1S/C15H23N3OS/c1-4-18(5-2)15-17-11-14(20-15)10-16-12(3)9-13-7-6-8-19-13/h6-8,11-12,16H,4-5,9-10H2,1-3H3. The lowest BCUT2D eigenvalue weighted by Gasteiger charge is -2.16. The van der Waals surface area contributed by atoms with Gasteiger partial charge in [0.1, 0.15) is 5.76 Å². The molecule has 0 saturated carbocycles. The first-order chi connectivity index (χ1) is 9.72. The van der Waals surface area contributed by atoms with Crippen LogP contribution in [0.2, 0.25) is 0 Å². The Hall–Kier alpha value is -1.33. The Morgan fingerprint density at radius 3 is 2.85 bits per heavy atom. The fraction of sp³-hybridized carbons (Fsp3) is 0.533. The smallest absolute Gasteiger partial charge is 0.185 e. The summed E-state index contributed by atoms with van der Waals surface area (Å²) in [5.41, 5.74) is 0. The van der Waals surface area contributed by atoms with Crippen LogP contribution in [-0.2, 0) is 13.0 Å². The fourth-order valence-electron chi connectivity index (χ4n) is 2.10. The van der Waals surface area contributed by atoms with E-state index in [0.717, 1.165) is 36.9 Å². The Bertz CT molecular complexity index is 491. The summed E-state index contributed by atoms with van der Waals surface area (Å²) in [5, 5.41) is 4.63. The maximum atomic E-state index is 5.36. The second-order valence-electron chi connectivity index (χ2n) is 4.85. The number of nitrogens with one attached hydrogen (secondary N) is 1. The summed E-state index contributed by atoms with van der Waals surface area (Å²) in [6.07, 6.45) is 4.61. The normalized spacial score (nSPS) is 12.6. The van der Waals surface area contributed by atoms with Crippen molar-refractivity contribution >= 4 is 16.5 Å². The van der Waals surface area contributed by atoms with Crippen molar-refractivity contribution in [2.75, 3.05) is 18.0 Å². The second kappa shape index (κ2) is 7.45. The molecule has 4 nitrogen and oxygen atoms in total. The van der Waals surface area contributed by atoms with Crippen LogP contribution in [0, 0.1) is 0 Å². The molecule has 0 bridgehead atoms. The van der Waals surface area contributed by atoms with Crippen molar-refractivity contribution in [1.82, 2.24) is 10.3 Å². The van der Waals surface area contributed by atoms with E-state index in [2.05, 4.69) is 36.0 Å². The molecule has 0 aliphatic heterocycles. The molecule has 1 atom stereocenters. The van der Waals surface area contributed by atoms with E-state index >= 15 is 0 Å². The molecule has 2 aromatic heterocycles. The molecule has 2 heterocycles. The molecule has 1 N–H and O–H groups in total. The van der Waals surface area contributed by atoms with Crippen molar-refractivity contribution in [1.29, 1.82) is 0 Å². The topological polar surface area (TPSA) is 41.3 Å². The minimum Gasteiger partial charge on any atom is -0.469 e. The van der Waals surface area contributed by atoms with E-state index in [0.29, 0.717) is 6.04 Å². The number of hydrogen-bond acceptors (Lipinski definition) is 5. The SMILES string of the molecule is CCN(CC)c1ncc(CNC(C)Cc2ccco2)s1. The summed E-state index contributed by atoms with van der Waals surface area (Å²) in [6, 6.07) is 4.34. The van der Waals surface area contributed by atoms with Gasteiger partial charge in [0.15, 0.2) is 5.13 Å². The lowest BCUT2D eigenvalue weighted by Crippen LogP contribution is -2.27. The Kier molecular flexibility index (Phi) is 5.61. The molecule has 0 aliphatic rings. The van der Waals surface area contributed by atoms with Crippen LogP contribution in [0.25, 0.3) is 0 Å². The lowest BCUT2D eigenvalue weighted by atomic mass is 10.2. The Labute approximate surface area is 124 Å². The van der Waals surface area contributed by atoms with E-state index < -0.39 is 0 Å². The highest BCUT2D eigenvalue weighted by molar-refractivity contribution is 7.15. The largest absolute Gasteiger partial charge is 0.469 e. The molecular weight excluding hydrogens is 270 g/mol. The Morgan fingerprint density at radius 1 is 1.40 bits per heavy atom. The number of thiazole rings is 1. The van der Waals surface area contributed by atoms with Crippen molar-refractivity contribution in [2.45, 2.75) is 39.8 Å². The maximum Gasteiger partial charge on any atom is 0.185 e. The van der Waals surface area contributed by atoms with Gasteiger partial charge in [-0.2, -0.15) is 0 Å². The average molecular weight is 293 g/mol. The first kappa shape index (κ1) is 15.1. The van der Waals surface area contributed by atoms with Crippen molar-refractivity contribution in [2.24, 2.45) is 0 Å². The van der Waals surface area contributed by atoms with Gasteiger partial charge >= 0.3 is 0 Å². The van der Waals surface area contributed by atoms with Gasteiger partial charge in [-0.25, -0.2) is 4.98 Å². The quantitative estimate of drug-likeness (QED) is 0.811. The monoisotopic (exact) mass is 293 g/mol. The molecule has 0 amide bonds. The van der Waals surface area contributed by atoms with Crippen LogP contribution in [0.3, 0.4) is 0 Å². The predicted octanol–water partition coefficient (Wildman–Crippen LogP) is 3.30. The van der Waals surface area contributed by atoms with Gasteiger partial charge in [-0.05, 0) is 32.9 Å².